The molecule has 0 spiro atoms. The monoisotopic (exact) mass is 300 g/mol. The molecule has 0 heterocycles. The van der Waals surface area contributed by atoms with Gasteiger partial charge in [0.2, 0.25) is 10.0 Å². The zero-order valence-corrected chi connectivity index (χ0v) is 11.1. The number of sulfonamides is 1. The SMILES string of the molecule is O=C(O)C1(NS(=O)(=O)c2ccc([N+](=O)[O-])cc2)CCC1. The quantitative estimate of drug-likeness (QED) is 0.614. The van der Waals surface area contributed by atoms with Gasteiger partial charge in [-0.25, -0.2) is 8.42 Å². The van der Waals surface area contributed by atoms with Crippen molar-refractivity contribution < 1.29 is 23.2 Å². The van der Waals surface area contributed by atoms with E-state index < -0.39 is 26.5 Å². The van der Waals surface area contributed by atoms with Gasteiger partial charge >= 0.3 is 5.97 Å². The third-order valence-electron chi connectivity index (χ3n) is 3.30. The highest BCUT2D eigenvalue weighted by atomic mass is 32.2. The van der Waals surface area contributed by atoms with Gasteiger partial charge in [0.25, 0.3) is 5.69 Å². The van der Waals surface area contributed by atoms with Crippen LogP contribution in [0.15, 0.2) is 29.2 Å². The Hall–Kier alpha value is -2.00. The molecule has 0 radical (unpaired) electrons. The number of hydrogen-bond acceptors (Lipinski definition) is 5. The zero-order valence-electron chi connectivity index (χ0n) is 10.3. The Kier molecular flexibility index (Phi) is 3.48. The summed E-state index contributed by atoms with van der Waals surface area (Å²) in [6, 6.07) is 4.27. The highest BCUT2D eigenvalue weighted by Crippen LogP contribution is 2.33. The molecule has 1 aromatic carbocycles. The predicted molar refractivity (Wildman–Crippen MR) is 67.6 cm³/mol. The number of nitrogens with one attached hydrogen (secondary N) is 1. The molecule has 1 fully saturated rings. The summed E-state index contributed by atoms with van der Waals surface area (Å²) >= 11 is 0. The minimum Gasteiger partial charge on any atom is -0.480 e. The second-order valence-electron chi connectivity index (χ2n) is 4.60. The summed E-state index contributed by atoms with van der Waals surface area (Å²) in [4.78, 5) is 20.8. The van der Waals surface area contributed by atoms with Crippen LogP contribution in [0.25, 0.3) is 0 Å². The van der Waals surface area contributed by atoms with E-state index in [0.717, 1.165) is 24.3 Å². The summed E-state index contributed by atoms with van der Waals surface area (Å²) in [5, 5.41) is 19.6. The van der Waals surface area contributed by atoms with Crippen molar-refractivity contribution >= 4 is 21.7 Å². The number of carboxylic acid groups (broad SMARTS) is 1. The van der Waals surface area contributed by atoms with E-state index in [-0.39, 0.29) is 23.4 Å². The second kappa shape index (κ2) is 4.84. The van der Waals surface area contributed by atoms with Crippen molar-refractivity contribution in [1.82, 2.24) is 4.72 Å². The van der Waals surface area contributed by atoms with Crippen LogP contribution in [-0.2, 0) is 14.8 Å². The molecule has 2 N–H and O–H groups in total. The molecule has 0 aliphatic heterocycles. The summed E-state index contributed by atoms with van der Waals surface area (Å²) in [6.07, 6.45) is 1.10. The molecule has 0 amide bonds. The molecule has 0 atom stereocenters. The van der Waals surface area contributed by atoms with Crippen molar-refractivity contribution in [3.8, 4) is 0 Å². The van der Waals surface area contributed by atoms with E-state index in [1.54, 1.807) is 0 Å². The van der Waals surface area contributed by atoms with Crippen molar-refractivity contribution in [2.45, 2.75) is 29.7 Å². The van der Waals surface area contributed by atoms with Gasteiger partial charge in [-0.05, 0) is 31.4 Å². The van der Waals surface area contributed by atoms with Gasteiger partial charge < -0.3 is 5.11 Å². The Morgan fingerprint density at radius 3 is 2.20 bits per heavy atom. The van der Waals surface area contributed by atoms with Gasteiger partial charge in [0.05, 0.1) is 9.82 Å². The fourth-order valence-electron chi connectivity index (χ4n) is 1.95. The number of non-ortho nitro benzene ring substituents is 1. The number of carboxylic acids is 1. The molecule has 108 valence electrons. The Morgan fingerprint density at radius 1 is 1.30 bits per heavy atom. The van der Waals surface area contributed by atoms with Gasteiger partial charge in [0, 0.05) is 12.1 Å². The van der Waals surface area contributed by atoms with E-state index >= 15 is 0 Å². The molecule has 1 aliphatic carbocycles. The van der Waals surface area contributed by atoms with E-state index in [2.05, 4.69) is 4.72 Å². The summed E-state index contributed by atoms with van der Waals surface area (Å²) in [7, 11) is -4.02. The Labute approximate surface area is 114 Å². The smallest absolute Gasteiger partial charge is 0.324 e. The standard InChI is InChI=1S/C11H12N2O6S/c14-10(15)11(6-1-7-11)12-20(18,19)9-4-2-8(3-5-9)13(16)17/h2-5,12H,1,6-7H2,(H,14,15). The molecule has 1 saturated carbocycles. The lowest BCUT2D eigenvalue weighted by atomic mass is 9.78. The van der Waals surface area contributed by atoms with E-state index in [0.29, 0.717) is 6.42 Å². The molecule has 9 heteroatoms. The van der Waals surface area contributed by atoms with Crippen molar-refractivity contribution in [3.63, 3.8) is 0 Å². The van der Waals surface area contributed by atoms with Crippen LogP contribution in [0.2, 0.25) is 0 Å². The molecule has 0 saturated heterocycles. The maximum absolute atomic E-state index is 12.1. The van der Waals surface area contributed by atoms with E-state index in [1.807, 2.05) is 0 Å². The van der Waals surface area contributed by atoms with Crippen molar-refractivity contribution in [2.75, 3.05) is 0 Å². The van der Waals surface area contributed by atoms with Gasteiger partial charge in [-0.15, -0.1) is 0 Å². The zero-order chi connectivity index (χ0) is 15.0. The van der Waals surface area contributed by atoms with Crippen LogP contribution in [-0.4, -0.2) is 30.0 Å². The highest BCUT2D eigenvalue weighted by molar-refractivity contribution is 7.89. The van der Waals surface area contributed by atoms with Crippen LogP contribution in [0.5, 0.6) is 0 Å². The number of benzene rings is 1. The van der Waals surface area contributed by atoms with E-state index in [4.69, 9.17) is 5.11 Å². The van der Waals surface area contributed by atoms with Crippen molar-refractivity contribution in [2.24, 2.45) is 0 Å². The maximum Gasteiger partial charge on any atom is 0.324 e. The normalized spacial score (nSPS) is 17.2. The van der Waals surface area contributed by atoms with Gasteiger partial charge in [-0.2, -0.15) is 4.72 Å². The van der Waals surface area contributed by atoms with Gasteiger partial charge in [0.15, 0.2) is 0 Å². The number of nitro groups is 1. The maximum atomic E-state index is 12.1. The van der Waals surface area contributed by atoms with E-state index in [1.165, 1.54) is 0 Å². The number of hydrogen-bond donors (Lipinski definition) is 2. The molecular weight excluding hydrogens is 288 g/mol. The first-order valence-corrected chi connectivity index (χ1v) is 7.27. The minimum absolute atomic E-state index is 0.198. The lowest BCUT2D eigenvalue weighted by Crippen LogP contribution is -2.58. The predicted octanol–water partition coefficient (Wildman–Crippen LogP) is 0.880. The average molecular weight is 300 g/mol. The average Bonchev–Trinajstić information content (AvgIpc) is 2.33. The molecule has 0 aromatic heterocycles. The number of carbonyl (C=O) groups is 1. The van der Waals surface area contributed by atoms with Crippen LogP contribution >= 0.6 is 0 Å². The largest absolute Gasteiger partial charge is 0.480 e. The number of aliphatic carboxylic acids is 1. The topological polar surface area (TPSA) is 127 Å². The van der Waals surface area contributed by atoms with Crippen LogP contribution in [0.4, 0.5) is 5.69 Å². The first kappa shape index (κ1) is 14.4. The van der Waals surface area contributed by atoms with E-state index in [9.17, 15) is 23.3 Å². The van der Waals surface area contributed by atoms with Gasteiger partial charge in [-0.3, -0.25) is 14.9 Å². The van der Waals surface area contributed by atoms with Gasteiger partial charge in [-0.1, -0.05) is 0 Å². The molecule has 1 aliphatic rings. The Bertz CT molecular complexity index is 648. The Balaban J connectivity index is 2.26. The van der Waals surface area contributed by atoms with Crippen LogP contribution in [0.3, 0.4) is 0 Å². The highest BCUT2D eigenvalue weighted by Gasteiger charge is 2.47. The summed E-state index contributed by atoms with van der Waals surface area (Å²) < 4.78 is 26.3. The summed E-state index contributed by atoms with van der Waals surface area (Å²) in [6.45, 7) is 0. The van der Waals surface area contributed by atoms with Crippen molar-refractivity contribution in [3.05, 3.63) is 34.4 Å². The third-order valence-corrected chi connectivity index (χ3v) is 4.86. The number of nitro benzene ring substituents is 1. The van der Waals surface area contributed by atoms with Crippen LogP contribution < -0.4 is 4.72 Å². The van der Waals surface area contributed by atoms with Crippen LogP contribution in [0, 0.1) is 10.1 Å². The lowest BCUT2D eigenvalue weighted by Gasteiger charge is -2.37. The molecule has 8 nitrogen and oxygen atoms in total. The Morgan fingerprint density at radius 2 is 1.85 bits per heavy atom. The fourth-order valence-corrected chi connectivity index (χ4v) is 3.37. The first-order chi connectivity index (χ1) is 9.27. The molecular formula is C11H12N2O6S. The van der Waals surface area contributed by atoms with Crippen molar-refractivity contribution in [1.29, 1.82) is 0 Å². The second-order valence-corrected chi connectivity index (χ2v) is 6.28. The third kappa shape index (κ3) is 2.49. The lowest BCUT2D eigenvalue weighted by molar-refractivity contribution is -0.384. The van der Waals surface area contributed by atoms with Crippen LogP contribution in [0.1, 0.15) is 19.3 Å². The first-order valence-electron chi connectivity index (χ1n) is 5.79. The molecule has 1 aromatic rings. The molecule has 0 unspecified atom stereocenters. The summed E-state index contributed by atoms with van der Waals surface area (Å²) in [5.41, 5.74) is -1.69. The molecule has 20 heavy (non-hydrogen) atoms. The fraction of sp³-hybridized carbons (Fsp3) is 0.364. The summed E-state index contributed by atoms with van der Waals surface area (Å²) in [5.74, 6) is -1.21. The number of rotatable bonds is 5. The van der Waals surface area contributed by atoms with Gasteiger partial charge in [0.1, 0.15) is 5.54 Å². The number of nitrogens with zero attached hydrogens (tertiary/aromatic N) is 1. The minimum atomic E-state index is -4.02. The molecule has 0 bridgehead atoms. The molecule has 2 rings (SSSR count).